The third-order valence-electron chi connectivity index (χ3n) is 8.51. The zero-order valence-corrected chi connectivity index (χ0v) is 25.8. The number of aromatic nitrogens is 2. The molecule has 5 heteroatoms. The molecule has 0 fully saturated rings. The van der Waals surface area contributed by atoms with Gasteiger partial charge in [0, 0.05) is 0 Å². The molecular formula is C38H28AlN3S. The van der Waals surface area contributed by atoms with Crippen molar-refractivity contribution in [3.8, 4) is 5.69 Å². The van der Waals surface area contributed by atoms with Gasteiger partial charge in [0.15, 0.2) is 0 Å². The Morgan fingerprint density at radius 2 is 1.16 bits per heavy atom. The molecule has 2 heterocycles. The van der Waals surface area contributed by atoms with Gasteiger partial charge in [0.25, 0.3) is 0 Å². The van der Waals surface area contributed by atoms with Crippen molar-refractivity contribution in [2.75, 3.05) is 3.88 Å². The molecule has 0 saturated carbocycles. The first-order valence-electron chi connectivity index (χ1n) is 14.6. The van der Waals surface area contributed by atoms with Gasteiger partial charge in [-0.15, -0.1) is 0 Å². The molecule has 5 aromatic carbocycles. The van der Waals surface area contributed by atoms with E-state index in [1.165, 1.54) is 60.6 Å². The molecule has 1 aliphatic rings. The van der Waals surface area contributed by atoms with Crippen LogP contribution in [0.1, 0.15) is 13.3 Å². The quantitative estimate of drug-likeness (QED) is 0.186. The molecule has 0 radical (unpaired) electrons. The normalized spacial score (nSPS) is 13.3. The number of hydrogen-bond acceptors (Lipinski definition) is 1. The van der Waals surface area contributed by atoms with Crippen molar-refractivity contribution in [1.82, 2.24) is 9.13 Å². The number of hydrogen-bond donors (Lipinski definition) is 0. The van der Waals surface area contributed by atoms with E-state index in [-0.39, 0.29) is 0 Å². The van der Waals surface area contributed by atoms with Crippen molar-refractivity contribution < 1.29 is 0 Å². The number of rotatable bonds is 5. The molecule has 8 rings (SSSR count). The molecule has 0 aliphatic heterocycles. The number of anilines is 2. The van der Waals surface area contributed by atoms with E-state index in [2.05, 4.69) is 160 Å². The third-order valence-corrected chi connectivity index (χ3v) is 9.95. The van der Waals surface area contributed by atoms with Gasteiger partial charge in [-0.05, 0) is 0 Å². The van der Waals surface area contributed by atoms with E-state index in [9.17, 15) is 0 Å². The van der Waals surface area contributed by atoms with Crippen LogP contribution in [-0.4, -0.2) is 22.9 Å². The Labute approximate surface area is 261 Å². The molecule has 0 atom stereocenters. The Morgan fingerprint density at radius 3 is 1.81 bits per heavy atom. The summed E-state index contributed by atoms with van der Waals surface area (Å²) in [5, 5.41) is 4.97. The first kappa shape index (κ1) is 26.1. The molecule has 43 heavy (non-hydrogen) atoms. The van der Waals surface area contributed by atoms with Crippen molar-refractivity contribution in [1.29, 1.82) is 0 Å². The minimum atomic E-state index is -0.419. The van der Waals surface area contributed by atoms with Crippen LogP contribution >= 0.6 is 10.5 Å². The van der Waals surface area contributed by atoms with Gasteiger partial charge in [-0.2, -0.15) is 0 Å². The van der Waals surface area contributed by atoms with Crippen LogP contribution in [0.25, 0.3) is 55.0 Å². The molecule has 0 saturated heterocycles. The standard InChI is InChI=1S/C38H28N3.Al.S/c1-26-10-9-13-30(21-18-26)41-36-17-8-6-15-32(36)34-25-28(20-23-38(34)41)39-27-19-22-37-33(24-27)31-14-5-7-16-35(31)40(37)29-11-3-2-4-12-29;;/h2-9,11-25H,10H2,1H3;;/q-1;+1;. The van der Waals surface area contributed by atoms with E-state index >= 15 is 0 Å². The zero-order valence-electron chi connectivity index (χ0n) is 23.8. The maximum absolute atomic E-state index is 5.86. The Morgan fingerprint density at radius 1 is 0.605 bits per heavy atom. The summed E-state index contributed by atoms with van der Waals surface area (Å²) in [7, 11) is 5.86. The van der Waals surface area contributed by atoms with Crippen LogP contribution in [-0.2, 0) is 0 Å². The van der Waals surface area contributed by atoms with Gasteiger partial charge < -0.3 is 0 Å². The first-order chi connectivity index (χ1) is 21.2. The predicted molar refractivity (Wildman–Crippen MR) is 187 cm³/mol. The first-order valence-corrected chi connectivity index (χ1v) is 17.0. The summed E-state index contributed by atoms with van der Waals surface area (Å²) in [5.41, 5.74) is 10.8. The number of allylic oxidation sites excluding steroid dienone is 6. The second-order valence-corrected chi connectivity index (χ2v) is 12.5. The van der Waals surface area contributed by atoms with Crippen LogP contribution in [0.2, 0.25) is 0 Å². The number of para-hydroxylation sites is 3. The van der Waals surface area contributed by atoms with Crippen LogP contribution in [0.15, 0.2) is 145 Å². The molecule has 1 aliphatic carbocycles. The van der Waals surface area contributed by atoms with Gasteiger partial charge in [-0.25, -0.2) is 0 Å². The molecule has 2 aromatic heterocycles. The fourth-order valence-corrected chi connectivity index (χ4v) is 7.79. The van der Waals surface area contributed by atoms with Gasteiger partial charge in [0.1, 0.15) is 0 Å². The number of fused-ring (bicyclic) bond motifs is 6. The topological polar surface area (TPSA) is 13.1 Å². The molecule has 204 valence electrons. The van der Waals surface area contributed by atoms with E-state index in [0.29, 0.717) is 0 Å². The van der Waals surface area contributed by atoms with Crippen molar-refractivity contribution >= 4 is 85.0 Å². The molecule has 0 N–H and O–H groups in total. The molecule has 0 unspecified atom stereocenters. The minimum absolute atomic E-state index is 0.419. The second-order valence-electron chi connectivity index (χ2n) is 11.1. The van der Waals surface area contributed by atoms with E-state index in [4.69, 9.17) is 10.5 Å². The van der Waals surface area contributed by atoms with Gasteiger partial charge in [-0.3, -0.25) is 0 Å². The van der Waals surface area contributed by atoms with Gasteiger partial charge in [-0.1, -0.05) is 0 Å². The summed E-state index contributed by atoms with van der Waals surface area (Å²) in [6, 6.07) is 41.6. The Balaban J connectivity index is 1.30. The fraction of sp³-hybridized carbons (Fsp3) is 0.0526. The summed E-state index contributed by atoms with van der Waals surface area (Å²) in [4.78, 5) is 0. The Hall–Kier alpha value is -4.53. The number of benzene rings is 5. The molecule has 7 aromatic rings. The van der Waals surface area contributed by atoms with Gasteiger partial charge in [0.2, 0.25) is 0 Å². The molecule has 0 bridgehead atoms. The van der Waals surface area contributed by atoms with Crippen LogP contribution < -0.4 is 3.88 Å². The van der Waals surface area contributed by atoms with E-state index in [1.807, 2.05) is 0 Å². The van der Waals surface area contributed by atoms with E-state index < -0.39 is 13.8 Å². The third kappa shape index (κ3) is 4.32. The molecule has 0 amide bonds. The van der Waals surface area contributed by atoms with Gasteiger partial charge in [0.05, 0.1) is 0 Å². The van der Waals surface area contributed by atoms with Crippen LogP contribution in [0.4, 0.5) is 11.4 Å². The predicted octanol–water partition coefficient (Wildman–Crippen LogP) is 10.5. The summed E-state index contributed by atoms with van der Waals surface area (Å²) in [5.74, 6) is 0. The van der Waals surface area contributed by atoms with Crippen molar-refractivity contribution in [2.24, 2.45) is 0 Å². The number of nitrogens with zero attached hydrogens (tertiary/aromatic N) is 3. The summed E-state index contributed by atoms with van der Waals surface area (Å²) in [6.45, 7) is 2.18. The van der Waals surface area contributed by atoms with Gasteiger partial charge >= 0.3 is 262 Å². The van der Waals surface area contributed by atoms with E-state index in [0.717, 1.165) is 17.8 Å². The Bertz CT molecular complexity index is 2300. The monoisotopic (exact) mass is 585 g/mol. The van der Waals surface area contributed by atoms with Crippen molar-refractivity contribution in [3.05, 3.63) is 145 Å². The van der Waals surface area contributed by atoms with Crippen LogP contribution in [0.3, 0.4) is 0 Å². The van der Waals surface area contributed by atoms with Crippen molar-refractivity contribution in [2.45, 2.75) is 13.3 Å². The second kappa shape index (κ2) is 10.6. The summed E-state index contributed by atoms with van der Waals surface area (Å²) in [6.07, 6.45) is 9.95. The van der Waals surface area contributed by atoms with Crippen LogP contribution in [0, 0.1) is 0 Å². The molecule has 0 spiro atoms. The van der Waals surface area contributed by atoms with Crippen LogP contribution in [0.5, 0.6) is 0 Å². The SMILES string of the molecule is CC1=CC=C(n2c3ccccc3c3cc([N]([Al]=[S])c4ccc5c(c4)c4ccccc4n5-c4ccccc4)ccc32)C=CC1. The van der Waals surface area contributed by atoms with E-state index in [1.54, 1.807) is 0 Å². The average molecular weight is 586 g/mol. The summed E-state index contributed by atoms with van der Waals surface area (Å²) >= 11 is -0.419. The molecule has 3 nitrogen and oxygen atoms in total. The average Bonchev–Trinajstić information content (AvgIpc) is 3.46. The zero-order chi connectivity index (χ0) is 28.9. The maximum atomic E-state index is 5.86. The summed E-state index contributed by atoms with van der Waals surface area (Å²) < 4.78 is 7.06. The van der Waals surface area contributed by atoms with Crippen molar-refractivity contribution in [3.63, 3.8) is 0 Å². The Kier molecular flexibility index (Phi) is 6.46. The molecular weight excluding hydrogens is 557 g/mol. The fourth-order valence-electron chi connectivity index (χ4n) is 6.49.